The first-order valence-corrected chi connectivity index (χ1v) is 9.17. The lowest BCUT2D eigenvalue weighted by Crippen LogP contribution is -2.44. The van der Waals surface area contributed by atoms with E-state index in [0.29, 0.717) is 23.7 Å². The number of nitrogens with zero attached hydrogens (tertiary/aromatic N) is 2. The van der Waals surface area contributed by atoms with Crippen LogP contribution in [0.25, 0.3) is 0 Å². The van der Waals surface area contributed by atoms with Gasteiger partial charge in [-0.1, -0.05) is 53.7 Å². The highest BCUT2D eigenvalue weighted by Gasteiger charge is 2.39. The second-order valence-electron chi connectivity index (χ2n) is 7.03. The van der Waals surface area contributed by atoms with Crippen molar-refractivity contribution in [2.75, 3.05) is 0 Å². The molecule has 1 amide bonds. The van der Waals surface area contributed by atoms with E-state index >= 15 is 0 Å². The number of aromatic nitrogens is 2. The molecule has 1 aromatic heterocycles. The topological polar surface area (TPSA) is 94.0 Å². The molecule has 28 heavy (non-hydrogen) atoms. The van der Waals surface area contributed by atoms with Crippen molar-refractivity contribution in [2.24, 2.45) is 5.73 Å². The van der Waals surface area contributed by atoms with Gasteiger partial charge in [0.2, 0.25) is 5.89 Å². The number of halogens is 1. The minimum Gasteiger partial charge on any atom is -0.345 e. The summed E-state index contributed by atoms with van der Waals surface area (Å²) in [4.78, 5) is 17.1. The molecule has 1 unspecified atom stereocenters. The van der Waals surface area contributed by atoms with Crippen molar-refractivity contribution in [2.45, 2.75) is 37.3 Å². The van der Waals surface area contributed by atoms with Crippen LogP contribution in [0.15, 0.2) is 65.2 Å². The van der Waals surface area contributed by atoms with Gasteiger partial charge < -0.3 is 15.6 Å². The van der Waals surface area contributed by atoms with Crippen molar-refractivity contribution in [1.29, 1.82) is 0 Å². The van der Waals surface area contributed by atoms with Crippen LogP contribution in [-0.2, 0) is 12.0 Å². The summed E-state index contributed by atoms with van der Waals surface area (Å²) < 4.78 is 5.43. The Morgan fingerprint density at radius 1 is 1.11 bits per heavy atom. The quantitative estimate of drug-likeness (QED) is 0.662. The zero-order valence-corrected chi connectivity index (χ0v) is 16.2. The van der Waals surface area contributed by atoms with Gasteiger partial charge in [-0.2, -0.15) is 4.98 Å². The fourth-order valence-corrected chi connectivity index (χ4v) is 3.26. The molecule has 1 fully saturated rings. The number of nitrogens with two attached hydrogens (primary N) is 1. The summed E-state index contributed by atoms with van der Waals surface area (Å²) in [6, 6.07) is 18.7. The SMILES string of the molecule is Cl.NC1(c2noc(CC(NC(=O)c3ccccc3)c3ccccc3)n2)CCC1. The molecular formula is C21H23ClN4O2. The molecule has 0 spiro atoms. The van der Waals surface area contributed by atoms with Crippen LogP contribution in [0, 0.1) is 0 Å². The standard InChI is InChI=1S/C21H22N4O2.ClH/c22-21(12-7-13-21)20-24-18(27-25-20)14-17(15-8-3-1-4-9-15)23-19(26)16-10-5-2-6-11-16;/h1-6,8-11,17H,7,12-14,22H2,(H,23,26);1H. The van der Waals surface area contributed by atoms with E-state index in [1.807, 2.05) is 48.5 Å². The molecule has 3 N–H and O–H groups in total. The van der Waals surface area contributed by atoms with Crippen molar-refractivity contribution >= 4 is 18.3 Å². The van der Waals surface area contributed by atoms with Crippen LogP contribution in [0.1, 0.15) is 52.9 Å². The molecule has 1 heterocycles. The van der Waals surface area contributed by atoms with E-state index in [4.69, 9.17) is 10.3 Å². The minimum atomic E-state index is -0.461. The molecule has 0 aliphatic heterocycles. The van der Waals surface area contributed by atoms with E-state index in [0.717, 1.165) is 24.8 Å². The summed E-state index contributed by atoms with van der Waals surface area (Å²) in [7, 11) is 0. The maximum Gasteiger partial charge on any atom is 0.251 e. The maximum absolute atomic E-state index is 12.6. The van der Waals surface area contributed by atoms with Crippen LogP contribution in [-0.4, -0.2) is 16.0 Å². The third-order valence-corrected chi connectivity index (χ3v) is 5.08. The number of hydrogen-bond acceptors (Lipinski definition) is 5. The Morgan fingerprint density at radius 3 is 2.36 bits per heavy atom. The van der Waals surface area contributed by atoms with Gasteiger partial charge in [0.25, 0.3) is 5.91 Å². The highest BCUT2D eigenvalue weighted by atomic mass is 35.5. The Labute approximate surface area is 169 Å². The molecule has 1 atom stereocenters. The van der Waals surface area contributed by atoms with E-state index < -0.39 is 5.54 Å². The summed E-state index contributed by atoms with van der Waals surface area (Å²) in [5.41, 5.74) is 7.41. The highest BCUT2D eigenvalue weighted by Crippen LogP contribution is 2.37. The number of hydrogen-bond donors (Lipinski definition) is 2. The van der Waals surface area contributed by atoms with Crippen LogP contribution >= 0.6 is 12.4 Å². The van der Waals surface area contributed by atoms with Gasteiger partial charge in [0, 0.05) is 5.56 Å². The third kappa shape index (κ3) is 4.24. The molecule has 0 bridgehead atoms. The van der Waals surface area contributed by atoms with Crippen molar-refractivity contribution in [3.63, 3.8) is 0 Å². The van der Waals surface area contributed by atoms with E-state index in [1.165, 1.54) is 0 Å². The molecule has 1 aliphatic carbocycles. The highest BCUT2D eigenvalue weighted by molar-refractivity contribution is 5.94. The molecule has 146 valence electrons. The number of benzene rings is 2. The molecule has 2 aromatic carbocycles. The fraction of sp³-hybridized carbons (Fsp3) is 0.286. The predicted octanol–water partition coefficient (Wildman–Crippen LogP) is 3.54. The summed E-state index contributed by atoms with van der Waals surface area (Å²) in [5, 5.41) is 7.15. The largest absolute Gasteiger partial charge is 0.345 e. The van der Waals surface area contributed by atoms with Gasteiger partial charge in [0.1, 0.15) is 0 Å². The predicted molar refractivity (Wildman–Crippen MR) is 108 cm³/mol. The Hall–Kier alpha value is -2.70. The van der Waals surface area contributed by atoms with E-state index in [-0.39, 0.29) is 24.4 Å². The molecule has 4 rings (SSSR count). The first-order chi connectivity index (χ1) is 13.1. The number of carbonyl (C=O) groups is 1. The average Bonchev–Trinajstić information content (AvgIpc) is 3.16. The van der Waals surface area contributed by atoms with Gasteiger partial charge in [-0.25, -0.2) is 0 Å². The molecule has 3 aromatic rings. The summed E-state index contributed by atoms with van der Waals surface area (Å²) >= 11 is 0. The molecular weight excluding hydrogens is 376 g/mol. The van der Waals surface area contributed by atoms with Gasteiger partial charge in [-0.05, 0) is 37.0 Å². The molecule has 0 saturated heterocycles. The zero-order valence-electron chi connectivity index (χ0n) is 15.4. The van der Waals surface area contributed by atoms with Crippen molar-refractivity contribution in [3.8, 4) is 0 Å². The smallest absolute Gasteiger partial charge is 0.251 e. The second kappa shape index (κ2) is 8.54. The lowest BCUT2D eigenvalue weighted by atomic mass is 9.77. The summed E-state index contributed by atoms with van der Waals surface area (Å²) in [6.45, 7) is 0. The molecule has 7 heteroatoms. The van der Waals surface area contributed by atoms with E-state index in [2.05, 4.69) is 15.5 Å². The lowest BCUT2D eigenvalue weighted by molar-refractivity contribution is 0.0935. The van der Waals surface area contributed by atoms with Crippen LogP contribution in [0.2, 0.25) is 0 Å². The Morgan fingerprint density at radius 2 is 1.75 bits per heavy atom. The first kappa shape index (κ1) is 20.0. The van der Waals surface area contributed by atoms with E-state index in [1.54, 1.807) is 12.1 Å². The van der Waals surface area contributed by atoms with Crippen molar-refractivity contribution in [3.05, 3.63) is 83.5 Å². The first-order valence-electron chi connectivity index (χ1n) is 9.17. The summed E-state index contributed by atoms with van der Waals surface area (Å²) in [5.74, 6) is 0.896. The van der Waals surface area contributed by atoms with Gasteiger partial charge in [0.05, 0.1) is 18.0 Å². The van der Waals surface area contributed by atoms with Gasteiger partial charge in [-0.15, -0.1) is 12.4 Å². The third-order valence-electron chi connectivity index (χ3n) is 5.08. The second-order valence-corrected chi connectivity index (χ2v) is 7.03. The average molecular weight is 399 g/mol. The zero-order chi connectivity index (χ0) is 18.7. The van der Waals surface area contributed by atoms with Gasteiger partial charge in [-0.3, -0.25) is 4.79 Å². The fourth-order valence-electron chi connectivity index (χ4n) is 3.26. The molecule has 1 saturated carbocycles. The lowest BCUT2D eigenvalue weighted by Gasteiger charge is -2.34. The number of carbonyl (C=O) groups excluding carboxylic acids is 1. The van der Waals surface area contributed by atoms with Gasteiger partial charge >= 0.3 is 0 Å². The van der Waals surface area contributed by atoms with Crippen molar-refractivity contribution in [1.82, 2.24) is 15.5 Å². The molecule has 6 nitrogen and oxygen atoms in total. The number of rotatable bonds is 6. The normalized spacial score (nSPS) is 15.8. The maximum atomic E-state index is 12.6. The number of nitrogens with one attached hydrogen (secondary N) is 1. The van der Waals surface area contributed by atoms with Gasteiger partial charge in [0.15, 0.2) is 5.82 Å². The van der Waals surface area contributed by atoms with Crippen molar-refractivity contribution < 1.29 is 9.32 Å². The van der Waals surface area contributed by atoms with E-state index in [9.17, 15) is 4.79 Å². The summed E-state index contributed by atoms with van der Waals surface area (Å²) in [6.07, 6.45) is 3.24. The Kier molecular flexibility index (Phi) is 6.11. The monoisotopic (exact) mass is 398 g/mol. The van der Waals surface area contributed by atoms with Crippen LogP contribution < -0.4 is 11.1 Å². The molecule has 0 radical (unpaired) electrons. The minimum absolute atomic E-state index is 0. The van der Waals surface area contributed by atoms with Crippen LogP contribution in [0.3, 0.4) is 0 Å². The molecule has 1 aliphatic rings. The number of amides is 1. The Bertz CT molecular complexity index is 910. The van der Waals surface area contributed by atoms with Crippen LogP contribution in [0.4, 0.5) is 0 Å². The van der Waals surface area contributed by atoms with Crippen LogP contribution in [0.5, 0.6) is 0 Å². The Balaban J connectivity index is 0.00000225.